The van der Waals surface area contributed by atoms with Gasteiger partial charge < -0.3 is 24.4 Å². The van der Waals surface area contributed by atoms with Crippen LogP contribution in [0.4, 0.5) is 20.2 Å². The van der Waals surface area contributed by atoms with Gasteiger partial charge in [-0.1, -0.05) is 6.58 Å². The molecule has 3 aliphatic rings. The van der Waals surface area contributed by atoms with Crippen LogP contribution >= 0.6 is 0 Å². The van der Waals surface area contributed by atoms with Crippen molar-refractivity contribution in [2.75, 3.05) is 44.2 Å². The second-order valence-electron chi connectivity index (χ2n) is 10.5. The Morgan fingerprint density at radius 3 is 2.59 bits per heavy atom. The zero-order chi connectivity index (χ0) is 28.9. The molecule has 1 amide bonds. The van der Waals surface area contributed by atoms with Crippen molar-refractivity contribution in [3.8, 4) is 22.9 Å². The summed E-state index contributed by atoms with van der Waals surface area (Å²) in [5, 5.41) is 7.31. The van der Waals surface area contributed by atoms with Gasteiger partial charge in [-0.3, -0.25) is 19.3 Å². The molecule has 1 aliphatic carbocycles. The van der Waals surface area contributed by atoms with Crippen LogP contribution in [0.25, 0.3) is 11.4 Å². The van der Waals surface area contributed by atoms with E-state index in [9.17, 15) is 9.59 Å². The lowest BCUT2D eigenvalue weighted by Gasteiger charge is -2.36. The summed E-state index contributed by atoms with van der Waals surface area (Å²) < 4.78 is 48.3. The van der Waals surface area contributed by atoms with Gasteiger partial charge in [0.15, 0.2) is 23.1 Å². The molecule has 12 heteroatoms. The molecule has 1 spiro atoms. The standard InChI is InChI=1S/C29H29F2N5O5/c1-4-24(38)34-20-11-33-36(12-16-5-6-41-14-16)27(20)19-7-18-17(10-32-19)13-35(15-29(18)9-23(29)37)28-25(30)21(39-2)8-22(40-3)26(28)31/h4,7-8,10-11,16H,1,5-6,9,12-15H2,2-3H3,(H,34,38)/t16-,29?/m1/s1. The number of fused-ring (bicyclic) bond motifs is 2. The summed E-state index contributed by atoms with van der Waals surface area (Å²) in [5.41, 5.74) is 1.72. The molecule has 1 aromatic carbocycles. The predicted octanol–water partition coefficient (Wildman–Crippen LogP) is 3.63. The Morgan fingerprint density at radius 1 is 1.24 bits per heavy atom. The molecule has 1 unspecified atom stereocenters. The summed E-state index contributed by atoms with van der Waals surface area (Å²) in [5.74, 6) is -2.24. The minimum absolute atomic E-state index is 0.0342. The minimum Gasteiger partial charge on any atom is -0.493 e. The molecule has 0 radical (unpaired) electrons. The predicted molar refractivity (Wildman–Crippen MR) is 145 cm³/mol. The highest BCUT2D eigenvalue weighted by Gasteiger charge is 2.59. The zero-order valence-electron chi connectivity index (χ0n) is 22.7. The third-order valence-corrected chi connectivity index (χ3v) is 8.04. The molecule has 2 fully saturated rings. The number of rotatable bonds is 8. The van der Waals surface area contributed by atoms with Crippen LogP contribution in [0, 0.1) is 17.6 Å². The molecule has 2 aromatic heterocycles. The van der Waals surface area contributed by atoms with Crippen LogP contribution in [0.3, 0.4) is 0 Å². The lowest BCUT2D eigenvalue weighted by Crippen LogP contribution is -2.40. The molecule has 41 heavy (non-hydrogen) atoms. The van der Waals surface area contributed by atoms with Gasteiger partial charge in [0, 0.05) is 50.8 Å². The summed E-state index contributed by atoms with van der Waals surface area (Å²) in [6.07, 6.45) is 5.47. The van der Waals surface area contributed by atoms with Gasteiger partial charge in [0.05, 0.1) is 43.8 Å². The first-order valence-corrected chi connectivity index (χ1v) is 13.2. The van der Waals surface area contributed by atoms with Crippen LogP contribution in [0.2, 0.25) is 0 Å². The molecule has 6 rings (SSSR count). The van der Waals surface area contributed by atoms with Crippen molar-refractivity contribution in [1.82, 2.24) is 14.8 Å². The van der Waals surface area contributed by atoms with E-state index in [2.05, 4.69) is 22.0 Å². The van der Waals surface area contributed by atoms with Crippen molar-refractivity contribution in [3.63, 3.8) is 0 Å². The average molecular weight is 566 g/mol. The number of anilines is 2. The molecule has 2 aliphatic heterocycles. The van der Waals surface area contributed by atoms with E-state index in [1.165, 1.54) is 25.2 Å². The third kappa shape index (κ3) is 4.51. The number of carbonyl (C=O) groups is 2. The molecule has 1 saturated heterocycles. The quantitative estimate of drug-likeness (QED) is 0.413. The minimum atomic E-state index is -0.949. The number of hydrogen-bond acceptors (Lipinski definition) is 8. The third-order valence-electron chi connectivity index (χ3n) is 8.04. The number of nitrogens with one attached hydrogen (secondary N) is 1. The van der Waals surface area contributed by atoms with Gasteiger partial charge in [-0.25, -0.2) is 8.78 Å². The van der Waals surface area contributed by atoms with Crippen molar-refractivity contribution in [2.24, 2.45) is 5.92 Å². The average Bonchev–Trinajstić information content (AvgIpc) is 3.29. The Kier molecular flexibility index (Phi) is 6.72. The van der Waals surface area contributed by atoms with Gasteiger partial charge in [0.1, 0.15) is 17.2 Å². The maximum absolute atomic E-state index is 15.4. The van der Waals surface area contributed by atoms with Gasteiger partial charge in [-0.05, 0) is 29.7 Å². The van der Waals surface area contributed by atoms with E-state index in [4.69, 9.17) is 14.2 Å². The number of pyridine rings is 1. The summed E-state index contributed by atoms with van der Waals surface area (Å²) in [4.78, 5) is 31.4. The van der Waals surface area contributed by atoms with E-state index >= 15 is 8.78 Å². The number of halogens is 2. The number of amides is 1. The van der Waals surface area contributed by atoms with E-state index in [0.717, 1.165) is 18.1 Å². The largest absolute Gasteiger partial charge is 0.493 e. The second kappa shape index (κ2) is 10.3. The smallest absolute Gasteiger partial charge is 0.247 e. The molecule has 1 saturated carbocycles. The molecule has 214 valence electrons. The number of methoxy groups -OCH3 is 2. The van der Waals surface area contributed by atoms with Crippen LogP contribution < -0.4 is 19.7 Å². The monoisotopic (exact) mass is 565 g/mol. The Hall–Kier alpha value is -4.32. The lowest BCUT2D eigenvalue weighted by molar-refractivity contribution is -0.112. The zero-order valence-corrected chi connectivity index (χ0v) is 22.7. The van der Waals surface area contributed by atoms with Crippen LogP contribution in [0.15, 0.2) is 37.2 Å². The number of aromatic nitrogens is 3. The maximum Gasteiger partial charge on any atom is 0.247 e. The van der Waals surface area contributed by atoms with Crippen LogP contribution in [-0.4, -0.2) is 60.4 Å². The van der Waals surface area contributed by atoms with Gasteiger partial charge in [0.2, 0.25) is 5.91 Å². The van der Waals surface area contributed by atoms with Gasteiger partial charge in [-0.2, -0.15) is 5.10 Å². The fourth-order valence-electron chi connectivity index (χ4n) is 5.83. The maximum atomic E-state index is 15.4. The SMILES string of the molecule is C=CC(=O)Nc1cnn(C[C@H]2CCOC2)c1-c1cc2c(cn1)CN(c1c(F)c(OC)cc(OC)c1F)CC21CC1=O. The highest BCUT2D eigenvalue weighted by atomic mass is 19.1. The molecular weight excluding hydrogens is 536 g/mol. The first-order valence-electron chi connectivity index (χ1n) is 13.2. The summed E-state index contributed by atoms with van der Waals surface area (Å²) in [6, 6.07) is 2.99. The molecule has 1 N–H and O–H groups in total. The molecule has 10 nitrogen and oxygen atoms in total. The van der Waals surface area contributed by atoms with Gasteiger partial charge in [-0.15, -0.1) is 0 Å². The number of carbonyl (C=O) groups excluding carboxylic acids is 2. The van der Waals surface area contributed by atoms with Crippen molar-refractivity contribution < 1.29 is 32.6 Å². The fourth-order valence-corrected chi connectivity index (χ4v) is 5.83. The van der Waals surface area contributed by atoms with Crippen molar-refractivity contribution >= 4 is 23.1 Å². The van der Waals surface area contributed by atoms with E-state index in [-0.39, 0.29) is 48.4 Å². The molecule has 4 heterocycles. The molecule has 2 atom stereocenters. The number of Topliss-reactive ketones (excluding diaryl/α,β-unsaturated/α-hetero) is 1. The van der Waals surface area contributed by atoms with Crippen molar-refractivity contribution in [3.05, 3.63) is 59.9 Å². The van der Waals surface area contributed by atoms with Crippen LogP contribution in [0.1, 0.15) is 24.0 Å². The van der Waals surface area contributed by atoms with E-state index < -0.39 is 23.0 Å². The first-order chi connectivity index (χ1) is 19.8. The Labute approximate surface area is 234 Å². The first kappa shape index (κ1) is 26.9. The van der Waals surface area contributed by atoms with Crippen LogP contribution in [0.5, 0.6) is 11.5 Å². The number of ether oxygens (including phenoxy) is 3. The molecular formula is C29H29F2N5O5. The Balaban J connectivity index is 1.42. The van der Waals surface area contributed by atoms with Crippen molar-refractivity contribution in [2.45, 2.75) is 31.3 Å². The van der Waals surface area contributed by atoms with Gasteiger partial charge in [0.25, 0.3) is 0 Å². The van der Waals surface area contributed by atoms with Crippen molar-refractivity contribution in [1.29, 1.82) is 0 Å². The van der Waals surface area contributed by atoms with Crippen LogP contribution in [-0.2, 0) is 32.8 Å². The van der Waals surface area contributed by atoms with E-state index in [0.29, 0.717) is 42.4 Å². The number of benzene rings is 1. The fraction of sp³-hybridized carbons (Fsp3) is 0.379. The topological polar surface area (TPSA) is 108 Å². The normalized spacial score (nSPS) is 21.1. The summed E-state index contributed by atoms with van der Waals surface area (Å²) in [6.45, 7) is 5.57. The number of nitrogens with zero attached hydrogens (tertiary/aromatic N) is 4. The highest BCUT2D eigenvalue weighted by Crippen LogP contribution is 2.52. The summed E-state index contributed by atoms with van der Waals surface area (Å²) >= 11 is 0. The lowest BCUT2D eigenvalue weighted by atomic mass is 9.86. The number of hydrogen-bond donors (Lipinski definition) is 1. The number of ketones is 1. The summed E-state index contributed by atoms with van der Waals surface area (Å²) in [7, 11) is 2.58. The van der Waals surface area contributed by atoms with Gasteiger partial charge >= 0.3 is 0 Å². The Morgan fingerprint density at radius 2 is 1.98 bits per heavy atom. The Bertz CT molecular complexity index is 1540. The van der Waals surface area contributed by atoms with E-state index in [1.54, 1.807) is 17.1 Å². The van der Waals surface area contributed by atoms with E-state index in [1.807, 2.05) is 6.07 Å². The highest BCUT2D eigenvalue weighted by molar-refractivity contribution is 6.08. The second-order valence-corrected chi connectivity index (χ2v) is 10.5. The molecule has 3 aromatic rings. The molecule has 0 bridgehead atoms.